The summed E-state index contributed by atoms with van der Waals surface area (Å²) in [6.45, 7) is 0.318. The van der Waals surface area contributed by atoms with E-state index in [-0.39, 0.29) is 26.4 Å². The molecular formula is C16H17NO4. The summed E-state index contributed by atoms with van der Waals surface area (Å²) in [4.78, 5) is 10.5. The smallest absolute Gasteiger partial charge is 0.184 e. The molecule has 110 valence electrons. The number of aliphatic hydroxyl groups excluding tert-OH is 1. The molecule has 3 rings (SSSR count). The molecule has 0 spiro atoms. The molecule has 0 aliphatic carbocycles. The number of benzene rings is 2. The lowest BCUT2D eigenvalue weighted by Gasteiger charge is -2.37. The first kappa shape index (κ1) is 14.1. The lowest BCUT2D eigenvalue weighted by Crippen LogP contribution is -2.44. The molecule has 0 radical (unpaired) electrons. The average Bonchev–Trinajstić information content (AvgIpc) is 2.55. The van der Waals surface area contributed by atoms with Crippen LogP contribution in [0.4, 0.5) is 0 Å². The molecule has 21 heavy (non-hydrogen) atoms. The van der Waals surface area contributed by atoms with E-state index in [1.807, 2.05) is 42.5 Å². The number of fused-ring (bicyclic) bond motifs is 1. The molecule has 2 aromatic rings. The summed E-state index contributed by atoms with van der Waals surface area (Å²) in [7, 11) is 0. The monoisotopic (exact) mass is 287 g/mol. The summed E-state index contributed by atoms with van der Waals surface area (Å²) in [6.07, 6.45) is -0.484. The van der Waals surface area contributed by atoms with Crippen molar-refractivity contribution in [1.29, 1.82) is 0 Å². The highest BCUT2D eigenvalue weighted by Gasteiger charge is 2.38. The molecule has 1 N–H and O–H groups in total. The molecule has 1 aliphatic rings. The van der Waals surface area contributed by atoms with E-state index in [4.69, 9.17) is 9.47 Å². The second-order valence-electron chi connectivity index (χ2n) is 5.47. The van der Waals surface area contributed by atoms with E-state index in [0.29, 0.717) is 0 Å². The molecule has 2 aromatic carbocycles. The van der Waals surface area contributed by atoms with Gasteiger partial charge in [-0.1, -0.05) is 47.6 Å². The number of ether oxygens (including phenoxy) is 2. The fourth-order valence-corrected chi connectivity index (χ4v) is 2.60. The van der Waals surface area contributed by atoms with Crippen LogP contribution in [0.25, 0.3) is 10.8 Å². The average molecular weight is 287 g/mol. The predicted molar refractivity (Wildman–Crippen MR) is 78.8 cm³/mol. The van der Waals surface area contributed by atoms with E-state index in [9.17, 15) is 10.0 Å². The maximum Gasteiger partial charge on any atom is 0.184 e. The molecule has 0 aromatic heterocycles. The Kier molecular flexibility index (Phi) is 3.96. The van der Waals surface area contributed by atoms with Gasteiger partial charge in [0.1, 0.15) is 0 Å². The molecule has 0 unspecified atom stereocenters. The van der Waals surface area contributed by atoms with Crippen LogP contribution in [0.15, 0.2) is 47.6 Å². The maximum atomic E-state index is 10.5. The minimum Gasteiger partial charge on any atom is -0.396 e. The van der Waals surface area contributed by atoms with Gasteiger partial charge in [-0.15, -0.1) is 0 Å². The molecule has 0 saturated carbocycles. The van der Waals surface area contributed by atoms with Crippen LogP contribution in [0, 0.1) is 10.3 Å². The number of hydrogen-bond acceptors (Lipinski definition) is 5. The number of aliphatic hydroxyl groups is 1. The van der Waals surface area contributed by atoms with Crippen LogP contribution in [0.3, 0.4) is 0 Å². The zero-order valence-corrected chi connectivity index (χ0v) is 11.6. The largest absolute Gasteiger partial charge is 0.396 e. The SMILES string of the molecule is O=NCC1(CO)COC(c2cccc3ccccc23)OC1. The van der Waals surface area contributed by atoms with E-state index in [2.05, 4.69) is 5.18 Å². The van der Waals surface area contributed by atoms with Gasteiger partial charge in [-0.3, -0.25) is 0 Å². The number of hydrogen-bond donors (Lipinski definition) is 1. The normalized spacial score (nSPS) is 25.9. The number of nitrogens with zero attached hydrogens (tertiary/aromatic N) is 1. The minimum atomic E-state index is -0.719. The standard InChI is InChI=1S/C16H17NO4/c18-9-16(8-17-19)10-20-15(21-11-16)14-7-3-5-12-4-1-2-6-13(12)14/h1-7,15,18H,8-11H2. The van der Waals surface area contributed by atoms with Crippen molar-refractivity contribution in [2.75, 3.05) is 26.4 Å². The van der Waals surface area contributed by atoms with Crippen molar-refractivity contribution >= 4 is 10.8 Å². The Labute approximate surface area is 122 Å². The predicted octanol–water partition coefficient (Wildman–Crippen LogP) is 2.63. The van der Waals surface area contributed by atoms with E-state index < -0.39 is 11.7 Å². The maximum absolute atomic E-state index is 10.5. The van der Waals surface area contributed by atoms with Gasteiger partial charge in [0.25, 0.3) is 0 Å². The highest BCUT2D eigenvalue weighted by Crippen LogP contribution is 2.34. The third-order valence-corrected chi connectivity index (χ3v) is 3.89. The Morgan fingerprint density at radius 2 is 1.86 bits per heavy atom. The minimum absolute atomic E-state index is 0.00818. The fourth-order valence-electron chi connectivity index (χ4n) is 2.60. The highest BCUT2D eigenvalue weighted by molar-refractivity contribution is 5.85. The van der Waals surface area contributed by atoms with Gasteiger partial charge in [0, 0.05) is 5.56 Å². The Hall–Kier alpha value is -1.82. The van der Waals surface area contributed by atoms with Gasteiger partial charge in [0.05, 0.1) is 31.8 Å². The number of nitroso groups, excluding NO2 is 1. The van der Waals surface area contributed by atoms with Gasteiger partial charge in [-0.05, 0) is 10.8 Å². The van der Waals surface area contributed by atoms with Gasteiger partial charge in [0.15, 0.2) is 6.29 Å². The van der Waals surface area contributed by atoms with E-state index in [1.54, 1.807) is 0 Å². The summed E-state index contributed by atoms with van der Waals surface area (Å²) in [5.41, 5.74) is 0.238. The van der Waals surface area contributed by atoms with Crippen molar-refractivity contribution in [2.24, 2.45) is 10.6 Å². The zero-order chi connectivity index (χ0) is 14.7. The second kappa shape index (κ2) is 5.89. The van der Waals surface area contributed by atoms with Crippen molar-refractivity contribution in [2.45, 2.75) is 6.29 Å². The molecule has 1 fully saturated rings. The molecule has 0 bridgehead atoms. The summed E-state index contributed by atoms with van der Waals surface area (Å²) < 4.78 is 11.5. The molecule has 5 heteroatoms. The van der Waals surface area contributed by atoms with E-state index in [0.717, 1.165) is 16.3 Å². The van der Waals surface area contributed by atoms with Crippen molar-refractivity contribution < 1.29 is 14.6 Å². The van der Waals surface area contributed by atoms with Gasteiger partial charge in [-0.2, -0.15) is 4.91 Å². The van der Waals surface area contributed by atoms with E-state index in [1.165, 1.54) is 0 Å². The Balaban J connectivity index is 1.84. The molecule has 0 amide bonds. The van der Waals surface area contributed by atoms with Crippen molar-refractivity contribution in [1.82, 2.24) is 0 Å². The van der Waals surface area contributed by atoms with Gasteiger partial charge < -0.3 is 14.6 Å². The quantitative estimate of drug-likeness (QED) is 0.878. The van der Waals surface area contributed by atoms with Crippen LogP contribution in [0.2, 0.25) is 0 Å². The third kappa shape index (κ3) is 2.68. The Morgan fingerprint density at radius 1 is 1.14 bits per heavy atom. The summed E-state index contributed by atoms with van der Waals surface area (Å²) in [5.74, 6) is 0. The van der Waals surface area contributed by atoms with Gasteiger partial charge in [-0.25, -0.2) is 0 Å². The van der Waals surface area contributed by atoms with Crippen molar-refractivity contribution in [3.05, 3.63) is 52.9 Å². The van der Waals surface area contributed by atoms with Crippen LogP contribution >= 0.6 is 0 Å². The molecule has 1 aliphatic heterocycles. The molecule has 0 atom stereocenters. The fraction of sp³-hybridized carbons (Fsp3) is 0.375. The van der Waals surface area contributed by atoms with Gasteiger partial charge in [0.2, 0.25) is 0 Å². The summed E-state index contributed by atoms with van der Waals surface area (Å²) in [5, 5.41) is 14.5. The first-order valence-corrected chi connectivity index (χ1v) is 6.89. The number of rotatable bonds is 4. The van der Waals surface area contributed by atoms with Crippen LogP contribution in [0.5, 0.6) is 0 Å². The van der Waals surface area contributed by atoms with Crippen molar-refractivity contribution in [3.63, 3.8) is 0 Å². The van der Waals surface area contributed by atoms with Crippen molar-refractivity contribution in [3.8, 4) is 0 Å². The van der Waals surface area contributed by atoms with Gasteiger partial charge >= 0.3 is 0 Å². The molecule has 5 nitrogen and oxygen atoms in total. The lowest BCUT2D eigenvalue weighted by molar-refractivity contribution is -0.238. The highest BCUT2D eigenvalue weighted by atomic mass is 16.7. The summed E-state index contributed by atoms with van der Waals surface area (Å²) in [6, 6.07) is 14.0. The van der Waals surface area contributed by atoms with E-state index >= 15 is 0 Å². The topological polar surface area (TPSA) is 68.1 Å². The zero-order valence-electron chi connectivity index (χ0n) is 11.6. The van der Waals surface area contributed by atoms with Crippen LogP contribution in [-0.2, 0) is 9.47 Å². The second-order valence-corrected chi connectivity index (χ2v) is 5.47. The van der Waals surface area contributed by atoms with Crippen LogP contribution in [-0.4, -0.2) is 31.5 Å². The molecule has 1 saturated heterocycles. The first-order chi connectivity index (χ1) is 10.3. The van der Waals surface area contributed by atoms with Crippen LogP contribution < -0.4 is 0 Å². The van der Waals surface area contributed by atoms with Crippen LogP contribution in [0.1, 0.15) is 11.9 Å². The Bertz CT molecular complexity index is 630. The first-order valence-electron chi connectivity index (χ1n) is 6.89. The molecular weight excluding hydrogens is 270 g/mol. The lowest BCUT2D eigenvalue weighted by atomic mass is 9.90. The Morgan fingerprint density at radius 3 is 2.57 bits per heavy atom. The summed E-state index contributed by atoms with van der Waals surface area (Å²) >= 11 is 0. The molecule has 1 heterocycles. The third-order valence-electron chi connectivity index (χ3n) is 3.89.